The maximum atomic E-state index is 13.0. The number of carbonyl (C=O) groups is 2. The van der Waals surface area contributed by atoms with Crippen molar-refractivity contribution in [2.24, 2.45) is 5.73 Å². The lowest BCUT2D eigenvalue weighted by Crippen LogP contribution is -2.20. The van der Waals surface area contributed by atoms with Gasteiger partial charge in [-0.1, -0.05) is 11.2 Å². The number of benzene rings is 1. The van der Waals surface area contributed by atoms with Crippen molar-refractivity contribution < 1.29 is 18.5 Å². The summed E-state index contributed by atoms with van der Waals surface area (Å²) < 4.78 is 17.7. The maximum Gasteiger partial charge on any atom is 0.271 e. The second-order valence-corrected chi connectivity index (χ2v) is 3.79. The number of carbonyl (C=O) groups excluding carboxylic acids is 2. The first kappa shape index (κ1) is 12.7. The van der Waals surface area contributed by atoms with Gasteiger partial charge in [0.15, 0.2) is 5.69 Å². The highest BCUT2D eigenvalue weighted by Gasteiger charge is 2.23. The Morgan fingerprint density at radius 2 is 2.16 bits per heavy atom. The summed E-state index contributed by atoms with van der Waals surface area (Å²) in [5, 5.41) is 5.85. The van der Waals surface area contributed by atoms with Gasteiger partial charge >= 0.3 is 0 Å². The van der Waals surface area contributed by atoms with E-state index >= 15 is 0 Å². The molecule has 0 unspecified atom stereocenters. The summed E-state index contributed by atoms with van der Waals surface area (Å²) in [6.45, 7) is 1.47. The van der Waals surface area contributed by atoms with E-state index in [1.165, 1.54) is 25.1 Å². The Labute approximate surface area is 107 Å². The molecule has 1 aromatic carbocycles. The summed E-state index contributed by atoms with van der Waals surface area (Å²) >= 11 is 0. The van der Waals surface area contributed by atoms with Gasteiger partial charge in [0.2, 0.25) is 0 Å². The van der Waals surface area contributed by atoms with E-state index in [2.05, 4.69) is 10.5 Å². The Balaban J connectivity index is 2.30. The molecule has 98 valence electrons. The van der Waals surface area contributed by atoms with Crippen molar-refractivity contribution in [3.63, 3.8) is 0 Å². The van der Waals surface area contributed by atoms with E-state index in [-0.39, 0.29) is 22.7 Å². The van der Waals surface area contributed by atoms with Crippen LogP contribution >= 0.6 is 0 Å². The van der Waals surface area contributed by atoms with Crippen LogP contribution < -0.4 is 11.1 Å². The standard InChI is InChI=1S/C12H10FN3O3/c1-6-9(10(11(14)17)16-19-6)12(18)15-8-4-2-3-7(13)5-8/h2-5H,1H3,(H2,14,17)(H,15,18). The zero-order valence-electron chi connectivity index (χ0n) is 9.94. The van der Waals surface area contributed by atoms with E-state index in [1.807, 2.05) is 0 Å². The maximum absolute atomic E-state index is 13.0. The number of halogens is 1. The lowest BCUT2D eigenvalue weighted by Gasteiger charge is -2.04. The van der Waals surface area contributed by atoms with Gasteiger partial charge in [-0.25, -0.2) is 4.39 Å². The highest BCUT2D eigenvalue weighted by molar-refractivity contribution is 6.11. The third kappa shape index (κ3) is 2.59. The molecule has 2 aromatic rings. The molecule has 1 aromatic heterocycles. The van der Waals surface area contributed by atoms with Crippen molar-refractivity contribution in [2.45, 2.75) is 6.92 Å². The van der Waals surface area contributed by atoms with E-state index in [1.54, 1.807) is 0 Å². The normalized spacial score (nSPS) is 10.2. The summed E-state index contributed by atoms with van der Waals surface area (Å²) in [5.41, 5.74) is 5.02. The van der Waals surface area contributed by atoms with Crippen LogP contribution in [0.2, 0.25) is 0 Å². The molecule has 7 heteroatoms. The van der Waals surface area contributed by atoms with Crippen molar-refractivity contribution in [1.29, 1.82) is 0 Å². The summed E-state index contributed by atoms with van der Waals surface area (Å²) in [7, 11) is 0. The number of aromatic nitrogens is 1. The van der Waals surface area contributed by atoms with Crippen LogP contribution in [0, 0.1) is 12.7 Å². The predicted octanol–water partition coefficient (Wildman–Crippen LogP) is 1.47. The number of nitrogens with one attached hydrogen (secondary N) is 1. The lowest BCUT2D eigenvalue weighted by molar-refractivity contribution is 0.0972. The largest absolute Gasteiger partial charge is 0.364 e. The van der Waals surface area contributed by atoms with Crippen LogP contribution in [0.25, 0.3) is 0 Å². The van der Waals surface area contributed by atoms with E-state index in [9.17, 15) is 14.0 Å². The Bertz CT molecular complexity index is 651. The third-order valence-corrected chi connectivity index (χ3v) is 2.41. The monoisotopic (exact) mass is 263 g/mol. The van der Waals surface area contributed by atoms with E-state index < -0.39 is 17.6 Å². The van der Waals surface area contributed by atoms with Crippen LogP contribution in [0.3, 0.4) is 0 Å². The molecule has 2 rings (SSSR count). The van der Waals surface area contributed by atoms with Gasteiger partial charge in [-0.15, -0.1) is 0 Å². The Kier molecular flexibility index (Phi) is 3.28. The second-order valence-electron chi connectivity index (χ2n) is 3.79. The zero-order valence-corrected chi connectivity index (χ0v) is 9.94. The van der Waals surface area contributed by atoms with Crippen LogP contribution in [0.1, 0.15) is 26.6 Å². The van der Waals surface area contributed by atoms with Gasteiger partial charge in [-0.2, -0.15) is 0 Å². The number of amides is 2. The second kappa shape index (κ2) is 4.89. The van der Waals surface area contributed by atoms with E-state index in [0.717, 1.165) is 6.07 Å². The molecule has 3 N–H and O–H groups in total. The van der Waals surface area contributed by atoms with Crippen molar-refractivity contribution in [3.8, 4) is 0 Å². The average molecular weight is 263 g/mol. The average Bonchev–Trinajstić information content (AvgIpc) is 2.71. The quantitative estimate of drug-likeness (QED) is 0.876. The first-order valence-corrected chi connectivity index (χ1v) is 5.32. The van der Waals surface area contributed by atoms with Crippen LogP contribution in [-0.4, -0.2) is 17.0 Å². The molecule has 0 radical (unpaired) electrons. The smallest absolute Gasteiger partial charge is 0.271 e. The van der Waals surface area contributed by atoms with Gasteiger partial charge < -0.3 is 15.6 Å². The molecule has 0 spiro atoms. The molecule has 0 atom stereocenters. The first-order valence-electron chi connectivity index (χ1n) is 5.32. The number of primary amides is 1. The molecule has 1 heterocycles. The minimum absolute atomic E-state index is 0.0586. The Hall–Kier alpha value is -2.70. The van der Waals surface area contributed by atoms with Crippen LogP contribution in [-0.2, 0) is 0 Å². The van der Waals surface area contributed by atoms with Crippen LogP contribution in [0.5, 0.6) is 0 Å². The first-order chi connectivity index (χ1) is 8.99. The highest BCUT2D eigenvalue weighted by Crippen LogP contribution is 2.16. The summed E-state index contributed by atoms with van der Waals surface area (Å²) in [5.74, 6) is -1.85. The minimum Gasteiger partial charge on any atom is -0.364 e. The summed E-state index contributed by atoms with van der Waals surface area (Å²) in [6, 6.07) is 5.34. The fraction of sp³-hybridized carbons (Fsp3) is 0.0833. The van der Waals surface area contributed by atoms with Gasteiger partial charge in [0, 0.05) is 5.69 Å². The molecule has 0 saturated heterocycles. The topological polar surface area (TPSA) is 98.2 Å². The van der Waals surface area contributed by atoms with E-state index in [0.29, 0.717) is 0 Å². The number of nitrogens with zero attached hydrogens (tertiary/aromatic N) is 1. The molecule has 0 aliphatic heterocycles. The molecular formula is C12H10FN3O3. The number of rotatable bonds is 3. The SMILES string of the molecule is Cc1onc(C(N)=O)c1C(=O)Nc1cccc(F)c1. The molecule has 2 amide bonds. The zero-order chi connectivity index (χ0) is 14.0. The third-order valence-electron chi connectivity index (χ3n) is 2.41. The van der Waals surface area contributed by atoms with Crippen molar-refractivity contribution in [1.82, 2.24) is 5.16 Å². The Morgan fingerprint density at radius 3 is 2.79 bits per heavy atom. The predicted molar refractivity (Wildman–Crippen MR) is 64.1 cm³/mol. The van der Waals surface area contributed by atoms with Crippen molar-refractivity contribution in [3.05, 3.63) is 47.1 Å². The van der Waals surface area contributed by atoms with E-state index in [4.69, 9.17) is 10.3 Å². The minimum atomic E-state index is -0.874. The molecule has 0 fully saturated rings. The van der Waals surface area contributed by atoms with Gasteiger partial charge in [0.25, 0.3) is 11.8 Å². The van der Waals surface area contributed by atoms with Gasteiger partial charge in [0.1, 0.15) is 17.1 Å². The molecule has 19 heavy (non-hydrogen) atoms. The molecule has 6 nitrogen and oxygen atoms in total. The molecule has 0 aliphatic rings. The van der Waals surface area contributed by atoms with Gasteiger partial charge in [-0.05, 0) is 25.1 Å². The summed E-state index contributed by atoms with van der Waals surface area (Å²) in [4.78, 5) is 23.1. The number of hydrogen-bond acceptors (Lipinski definition) is 4. The fourth-order valence-corrected chi connectivity index (χ4v) is 1.57. The van der Waals surface area contributed by atoms with Crippen molar-refractivity contribution >= 4 is 17.5 Å². The number of nitrogens with two attached hydrogens (primary N) is 1. The fourth-order valence-electron chi connectivity index (χ4n) is 1.57. The number of hydrogen-bond donors (Lipinski definition) is 2. The lowest BCUT2D eigenvalue weighted by atomic mass is 10.1. The molecule has 0 aliphatic carbocycles. The van der Waals surface area contributed by atoms with Crippen molar-refractivity contribution in [2.75, 3.05) is 5.32 Å². The van der Waals surface area contributed by atoms with Crippen LogP contribution in [0.15, 0.2) is 28.8 Å². The highest BCUT2D eigenvalue weighted by atomic mass is 19.1. The van der Waals surface area contributed by atoms with Gasteiger partial charge in [0.05, 0.1) is 0 Å². The molecule has 0 saturated carbocycles. The Morgan fingerprint density at radius 1 is 1.42 bits per heavy atom. The number of anilines is 1. The molecule has 0 bridgehead atoms. The number of aryl methyl sites for hydroxylation is 1. The summed E-state index contributed by atoms with van der Waals surface area (Å²) in [6.07, 6.45) is 0. The van der Waals surface area contributed by atoms with Crippen LogP contribution in [0.4, 0.5) is 10.1 Å². The molecular weight excluding hydrogens is 253 g/mol. The van der Waals surface area contributed by atoms with Gasteiger partial charge in [-0.3, -0.25) is 9.59 Å².